The van der Waals surface area contributed by atoms with E-state index in [2.05, 4.69) is 5.32 Å². The van der Waals surface area contributed by atoms with Crippen molar-refractivity contribution in [1.29, 1.82) is 0 Å². The van der Waals surface area contributed by atoms with E-state index >= 15 is 0 Å². The van der Waals surface area contributed by atoms with Gasteiger partial charge in [0.2, 0.25) is 6.79 Å². The summed E-state index contributed by atoms with van der Waals surface area (Å²) in [5.41, 5.74) is 3.54. The number of hydrogen-bond acceptors (Lipinski definition) is 6. The Morgan fingerprint density at radius 2 is 1.78 bits per heavy atom. The summed E-state index contributed by atoms with van der Waals surface area (Å²) in [7, 11) is 1.57. The molecule has 3 aromatic carbocycles. The molecule has 37 heavy (non-hydrogen) atoms. The van der Waals surface area contributed by atoms with Crippen molar-refractivity contribution in [3.05, 3.63) is 95.2 Å². The lowest BCUT2D eigenvalue weighted by Gasteiger charge is -2.26. The van der Waals surface area contributed by atoms with Crippen molar-refractivity contribution in [2.45, 2.75) is 13.0 Å². The zero-order chi connectivity index (χ0) is 25.4. The lowest BCUT2D eigenvalue weighted by Crippen LogP contribution is -2.35. The maximum atomic E-state index is 13.1. The van der Waals surface area contributed by atoms with Crippen LogP contribution >= 0.6 is 0 Å². The number of ether oxygens (including phenoxy) is 3. The van der Waals surface area contributed by atoms with Crippen LogP contribution in [0.25, 0.3) is 11.3 Å². The van der Waals surface area contributed by atoms with E-state index < -0.39 is 0 Å². The summed E-state index contributed by atoms with van der Waals surface area (Å²) in [6, 6.07) is 21.7. The smallest absolute Gasteiger partial charge is 0.255 e. The van der Waals surface area contributed by atoms with Crippen molar-refractivity contribution in [1.82, 2.24) is 4.90 Å². The first-order valence-corrected chi connectivity index (χ1v) is 11.9. The molecule has 8 nitrogen and oxygen atoms in total. The fourth-order valence-corrected chi connectivity index (χ4v) is 4.58. The summed E-state index contributed by atoms with van der Waals surface area (Å²) < 4.78 is 22.1. The van der Waals surface area contributed by atoms with E-state index in [1.165, 1.54) is 0 Å². The number of fused-ring (bicyclic) bond motifs is 2. The number of nitrogens with zero attached hydrogens (tertiary/aromatic N) is 1. The molecule has 6 rings (SSSR count). The molecule has 2 aliphatic heterocycles. The highest BCUT2D eigenvalue weighted by Gasteiger charge is 2.26. The molecule has 1 aromatic heterocycles. The zero-order valence-electron chi connectivity index (χ0n) is 20.2. The zero-order valence-corrected chi connectivity index (χ0v) is 20.2. The maximum Gasteiger partial charge on any atom is 0.255 e. The van der Waals surface area contributed by atoms with Crippen LogP contribution in [-0.2, 0) is 13.0 Å². The van der Waals surface area contributed by atoms with Crippen LogP contribution in [0.3, 0.4) is 0 Å². The minimum absolute atomic E-state index is 0.0612. The first kappa shape index (κ1) is 22.7. The molecule has 1 N–H and O–H groups in total. The fraction of sp³-hybridized carbons (Fsp3) is 0.172. The summed E-state index contributed by atoms with van der Waals surface area (Å²) in [5.74, 6) is 3.14. The second-order valence-electron chi connectivity index (χ2n) is 8.87. The Morgan fingerprint density at radius 3 is 2.68 bits per heavy atom. The van der Waals surface area contributed by atoms with Crippen LogP contribution in [0.2, 0.25) is 0 Å². The number of hydrogen-bond donors (Lipinski definition) is 1. The van der Waals surface area contributed by atoms with Crippen LogP contribution in [0.4, 0.5) is 5.69 Å². The van der Waals surface area contributed by atoms with Crippen molar-refractivity contribution in [3.63, 3.8) is 0 Å². The lowest BCUT2D eigenvalue weighted by molar-refractivity contribution is 0.0729. The van der Waals surface area contributed by atoms with Gasteiger partial charge in [-0.25, -0.2) is 0 Å². The molecule has 2 amide bonds. The number of carbonyl (C=O) groups excluding carboxylic acids is 2. The quantitative estimate of drug-likeness (QED) is 0.412. The van der Waals surface area contributed by atoms with Crippen molar-refractivity contribution < 1.29 is 28.2 Å². The van der Waals surface area contributed by atoms with Gasteiger partial charge in [-0.2, -0.15) is 0 Å². The normalized spacial score (nSPS) is 13.7. The van der Waals surface area contributed by atoms with Gasteiger partial charge in [-0.05, 0) is 54.6 Å². The molecule has 4 aromatic rings. The van der Waals surface area contributed by atoms with Gasteiger partial charge in [-0.1, -0.05) is 18.2 Å². The predicted molar refractivity (Wildman–Crippen MR) is 136 cm³/mol. The fourth-order valence-electron chi connectivity index (χ4n) is 4.58. The molecule has 186 valence electrons. The van der Waals surface area contributed by atoms with Gasteiger partial charge < -0.3 is 28.8 Å². The Kier molecular flexibility index (Phi) is 5.76. The van der Waals surface area contributed by atoms with E-state index in [-0.39, 0.29) is 18.6 Å². The van der Waals surface area contributed by atoms with E-state index in [1.807, 2.05) is 35.2 Å². The summed E-state index contributed by atoms with van der Waals surface area (Å²) in [4.78, 5) is 27.7. The summed E-state index contributed by atoms with van der Waals surface area (Å²) in [6.07, 6.45) is 0.623. The molecule has 0 aliphatic carbocycles. The second-order valence-corrected chi connectivity index (χ2v) is 8.87. The molecule has 2 aliphatic rings. The minimum atomic E-state index is -0.229. The van der Waals surface area contributed by atoms with Crippen LogP contribution < -0.4 is 19.5 Å². The van der Waals surface area contributed by atoms with Crippen LogP contribution in [0, 0.1) is 0 Å². The van der Waals surface area contributed by atoms with Crippen molar-refractivity contribution in [2.75, 3.05) is 25.8 Å². The largest absolute Gasteiger partial charge is 0.497 e. The van der Waals surface area contributed by atoms with Crippen LogP contribution in [-0.4, -0.2) is 37.2 Å². The molecule has 0 atom stereocenters. The molecule has 0 fully saturated rings. The number of anilines is 1. The molecule has 0 spiro atoms. The number of benzene rings is 3. The highest BCUT2D eigenvalue weighted by molar-refractivity contribution is 6.04. The van der Waals surface area contributed by atoms with E-state index in [9.17, 15) is 9.59 Å². The van der Waals surface area contributed by atoms with Crippen LogP contribution in [0.15, 0.2) is 77.2 Å². The lowest BCUT2D eigenvalue weighted by atomic mass is 10.1. The topological polar surface area (TPSA) is 90.2 Å². The monoisotopic (exact) mass is 496 g/mol. The first-order chi connectivity index (χ1) is 18.1. The highest BCUT2D eigenvalue weighted by Crippen LogP contribution is 2.34. The summed E-state index contributed by atoms with van der Waals surface area (Å²) in [5, 5.41) is 2.93. The second kappa shape index (κ2) is 9.39. The van der Waals surface area contributed by atoms with E-state index in [1.54, 1.807) is 49.6 Å². The molecule has 0 radical (unpaired) electrons. The Hall–Kier alpha value is -4.72. The van der Waals surface area contributed by atoms with Gasteiger partial charge in [0, 0.05) is 47.5 Å². The Bertz CT molecular complexity index is 1510. The summed E-state index contributed by atoms with van der Waals surface area (Å²) in [6.45, 7) is 1.19. The van der Waals surface area contributed by atoms with Gasteiger partial charge in [-0.15, -0.1) is 0 Å². The Morgan fingerprint density at radius 1 is 0.919 bits per heavy atom. The van der Waals surface area contributed by atoms with Crippen molar-refractivity contribution >= 4 is 17.5 Å². The summed E-state index contributed by atoms with van der Waals surface area (Å²) >= 11 is 0. The maximum absolute atomic E-state index is 13.1. The molecule has 0 saturated carbocycles. The Balaban J connectivity index is 1.17. The van der Waals surface area contributed by atoms with Gasteiger partial charge in [0.15, 0.2) is 11.5 Å². The van der Waals surface area contributed by atoms with Crippen LogP contribution in [0.5, 0.6) is 17.2 Å². The average molecular weight is 497 g/mol. The molecular formula is C29H24N2O6. The van der Waals surface area contributed by atoms with Crippen molar-refractivity contribution in [2.24, 2.45) is 0 Å². The molecule has 3 heterocycles. The predicted octanol–water partition coefficient (Wildman–Crippen LogP) is 5.13. The van der Waals surface area contributed by atoms with Gasteiger partial charge in [0.05, 0.1) is 7.11 Å². The third-order valence-corrected chi connectivity index (χ3v) is 6.51. The van der Waals surface area contributed by atoms with E-state index in [4.69, 9.17) is 18.6 Å². The standard InChI is InChI=1S/C29H24N2O6/c1-34-23-7-3-5-19(13-23)28(32)30-22-6-2-4-18(12-22)26-15-21-16-31(11-10-24(21)37-26)29(33)20-8-9-25-27(14-20)36-17-35-25/h2-9,12-15H,10-11,16-17H2,1H3,(H,30,32). The number of carbonyl (C=O) groups is 2. The van der Waals surface area contributed by atoms with Crippen LogP contribution in [0.1, 0.15) is 32.0 Å². The molecule has 0 saturated heterocycles. The SMILES string of the molecule is COc1cccc(C(=O)Nc2cccc(-c3cc4c(o3)CCN(C(=O)c3ccc5c(c3)OCO5)C4)c2)c1. The number of rotatable bonds is 5. The van der Waals surface area contributed by atoms with E-state index in [0.29, 0.717) is 59.3 Å². The molecule has 0 bridgehead atoms. The highest BCUT2D eigenvalue weighted by atomic mass is 16.7. The third kappa shape index (κ3) is 4.49. The van der Waals surface area contributed by atoms with Gasteiger partial charge >= 0.3 is 0 Å². The number of methoxy groups -OCH3 is 1. The number of furan rings is 1. The van der Waals surface area contributed by atoms with Gasteiger partial charge in [0.25, 0.3) is 11.8 Å². The minimum Gasteiger partial charge on any atom is -0.497 e. The first-order valence-electron chi connectivity index (χ1n) is 11.9. The van der Waals surface area contributed by atoms with Gasteiger partial charge in [0.1, 0.15) is 17.3 Å². The van der Waals surface area contributed by atoms with Gasteiger partial charge in [-0.3, -0.25) is 9.59 Å². The third-order valence-electron chi connectivity index (χ3n) is 6.51. The molecule has 8 heteroatoms. The molecular weight excluding hydrogens is 472 g/mol. The van der Waals surface area contributed by atoms with E-state index in [0.717, 1.165) is 16.9 Å². The average Bonchev–Trinajstić information content (AvgIpc) is 3.59. The Labute approximate surface area is 213 Å². The van der Waals surface area contributed by atoms with Crippen molar-refractivity contribution in [3.8, 4) is 28.6 Å². The number of nitrogens with one attached hydrogen (secondary N) is 1. The number of amides is 2. The molecule has 0 unspecified atom stereocenters.